The van der Waals surface area contributed by atoms with E-state index in [4.69, 9.17) is 0 Å². The van der Waals surface area contributed by atoms with E-state index in [1.165, 1.54) is 10.9 Å². The molecular weight excluding hydrogens is 356 g/mol. The number of hydrogen-bond acceptors (Lipinski definition) is 4. The smallest absolute Gasteiger partial charge is 0.267 e. The number of para-hydroxylation sites is 1. The first-order chi connectivity index (χ1) is 13.0. The third-order valence-electron chi connectivity index (χ3n) is 3.89. The zero-order valence-corrected chi connectivity index (χ0v) is 13.6. The lowest BCUT2D eigenvalue weighted by Crippen LogP contribution is -2.33. The van der Waals surface area contributed by atoms with Crippen molar-refractivity contribution in [1.29, 1.82) is 0 Å². The van der Waals surface area contributed by atoms with Crippen LogP contribution in [0.2, 0.25) is 0 Å². The summed E-state index contributed by atoms with van der Waals surface area (Å²) in [5.74, 6) is -3.01. The lowest BCUT2D eigenvalue weighted by Gasteiger charge is -2.08. The van der Waals surface area contributed by atoms with Gasteiger partial charge in [0.25, 0.3) is 11.5 Å². The SMILES string of the molecule is O=C(Nn1cnc2c(cnn2-c2ccccc2)c1=O)c1ccc(F)c(F)c1. The molecule has 0 saturated heterocycles. The largest absolute Gasteiger partial charge is 0.283 e. The van der Waals surface area contributed by atoms with Gasteiger partial charge in [-0.3, -0.25) is 15.0 Å². The number of fused-ring (bicyclic) bond motifs is 1. The maximum Gasteiger partial charge on any atom is 0.283 e. The fourth-order valence-corrected chi connectivity index (χ4v) is 2.56. The van der Waals surface area contributed by atoms with E-state index in [2.05, 4.69) is 15.5 Å². The monoisotopic (exact) mass is 367 g/mol. The number of rotatable bonds is 3. The molecule has 7 nitrogen and oxygen atoms in total. The zero-order chi connectivity index (χ0) is 19.0. The Kier molecular flexibility index (Phi) is 3.96. The maximum atomic E-state index is 13.3. The molecule has 0 aliphatic rings. The Morgan fingerprint density at radius 1 is 1.04 bits per heavy atom. The van der Waals surface area contributed by atoms with E-state index in [-0.39, 0.29) is 10.9 Å². The van der Waals surface area contributed by atoms with Crippen molar-refractivity contribution < 1.29 is 13.6 Å². The topological polar surface area (TPSA) is 81.8 Å². The van der Waals surface area contributed by atoms with E-state index in [1.54, 1.807) is 0 Å². The number of carbonyl (C=O) groups is 1. The number of hydrogen-bond donors (Lipinski definition) is 1. The molecule has 0 aliphatic carbocycles. The van der Waals surface area contributed by atoms with E-state index in [0.717, 1.165) is 34.9 Å². The van der Waals surface area contributed by atoms with Crippen LogP contribution in [0.3, 0.4) is 0 Å². The van der Waals surface area contributed by atoms with Gasteiger partial charge in [-0.15, -0.1) is 0 Å². The summed E-state index contributed by atoms with van der Waals surface area (Å²) in [6, 6.07) is 11.8. The number of halogens is 2. The number of carbonyl (C=O) groups excluding carboxylic acids is 1. The molecule has 2 aromatic heterocycles. The Labute approximate surface area is 150 Å². The summed E-state index contributed by atoms with van der Waals surface area (Å²) < 4.78 is 28.6. The molecule has 2 aromatic carbocycles. The third kappa shape index (κ3) is 2.95. The van der Waals surface area contributed by atoms with Crippen molar-refractivity contribution in [2.45, 2.75) is 0 Å². The quantitative estimate of drug-likeness (QED) is 0.602. The molecule has 27 heavy (non-hydrogen) atoms. The van der Waals surface area contributed by atoms with Gasteiger partial charge in [-0.05, 0) is 30.3 Å². The number of aromatic nitrogens is 4. The van der Waals surface area contributed by atoms with Crippen LogP contribution in [0, 0.1) is 11.6 Å². The van der Waals surface area contributed by atoms with Crippen LogP contribution in [0.15, 0.2) is 65.8 Å². The number of nitrogens with zero attached hydrogens (tertiary/aromatic N) is 4. The second-order valence-corrected chi connectivity index (χ2v) is 5.62. The van der Waals surface area contributed by atoms with Crippen LogP contribution in [0.25, 0.3) is 16.7 Å². The van der Waals surface area contributed by atoms with Crippen molar-refractivity contribution in [2.24, 2.45) is 0 Å². The highest BCUT2D eigenvalue weighted by Gasteiger charge is 2.14. The first-order valence-corrected chi connectivity index (χ1v) is 7.82. The molecule has 1 N–H and O–H groups in total. The second kappa shape index (κ2) is 6.45. The molecule has 4 rings (SSSR count). The highest BCUT2D eigenvalue weighted by Crippen LogP contribution is 2.13. The highest BCUT2D eigenvalue weighted by molar-refractivity contribution is 6.00. The molecule has 9 heteroatoms. The van der Waals surface area contributed by atoms with Crippen LogP contribution in [0.1, 0.15) is 10.4 Å². The van der Waals surface area contributed by atoms with E-state index in [1.807, 2.05) is 30.3 Å². The second-order valence-electron chi connectivity index (χ2n) is 5.62. The average Bonchev–Trinajstić information content (AvgIpc) is 3.11. The van der Waals surface area contributed by atoms with Gasteiger partial charge in [0, 0.05) is 5.56 Å². The van der Waals surface area contributed by atoms with Gasteiger partial charge in [0.15, 0.2) is 17.3 Å². The molecule has 0 saturated carbocycles. The predicted molar refractivity (Wildman–Crippen MR) is 93.2 cm³/mol. The summed E-state index contributed by atoms with van der Waals surface area (Å²) in [6.07, 6.45) is 2.47. The lowest BCUT2D eigenvalue weighted by molar-refractivity contribution is 0.101. The molecule has 0 aliphatic heterocycles. The van der Waals surface area contributed by atoms with Crippen LogP contribution in [-0.4, -0.2) is 25.3 Å². The minimum atomic E-state index is -1.16. The van der Waals surface area contributed by atoms with Crippen LogP contribution < -0.4 is 11.0 Å². The normalized spacial score (nSPS) is 10.9. The first kappa shape index (κ1) is 16.6. The van der Waals surface area contributed by atoms with Gasteiger partial charge >= 0.3 is 0 Å². The number of benzene rings is 2. The van der Waals surface area contributed by atoms with Crippen LogP contribution in [-0.2, 0) is 0 Å². The summed E-state index contributed by atoms with van der Waals surface area (Å²) in [5, 5.41) is 4.35. The van der Waals surface area contributed by atoms with Gasteiger partial charge in [0.2, 0.25) is 0 Å². The van der Waals surface area contributed by atoms with Gasteiger partial charge in [-0.25, -0.2) is 23.1 Å². The Balaban J connectivity index is 1.69. The molecule has 0 atom stereocenters. The molecule has 1 amide bonds. The Hall–Kier alpha value is -3.88. The summed E-state index contributed by atoms with van der Waals surface area (Å²) in [7, 11) is 0. The molecule has 0 bridgehead atoms. The van der Waals surface area contributed by atoms with Gasteiger partial charge in [0.05, 0.1) is 11.9 Å². The number of amides is 1. The Bertz CT molecular complexity index is 1220. The van der Waals surface area contributed by atoms with Gasteiger partial charge < -0.3 is 0 Å². The fraction of sp³-hybridized carbons (Fsp3) is 0. The zero-order valence-electron chi connectivity index (χ0n) is 13.6. The van der Waals surface area contributed by atoms with Gasteiger partial charge in [-0.2, -0.15) is 5.10 Å². The Morgan fingerprint density at radius 3 is 2.56 bits per heavy atom. The van der Waals surface area contributed by atoms with E-state index in [9.17, 15) is 18.4 Å². The standard InChI is InChI=1S/C18H11F2N5O2/c19-14-7-6-11(8-15(14)20)17(26)23-24-10-21-16-13(18(24)27)9-22-25(16)12-4-2-1-3-5-12/h1-10H,(H,23,26). The van der Waals surface area contributed by atoms with E-state index >= 15 is 0 Å². The molecular formula is C18H11F2N5O2. The van der Waals surface area contributed by atoms with Crippen LogP contribution in [0.4, 0.5) is 8.78 Å². The molecule has 0 spiro atoms. The average molecular weight is 367 g/mol. The summed E-state index contributed by atoms with van der Waals surface area (Å²) in [6.45, 7) is 0. The van der Waals surface area contributed by atoms with Crippen molar-refractivity contribution in [1.82, 2.24) is 19.4 Å². The van der Waals surface area contributed by atoms with Crippen molar-refractivity contribution in [2.75, 3.05) is 5.43 Å². The fourth-order valence-electron chi connectivity index (χ4n) is 2.56. The molecule has 0 fully saturated rings. The van der Waals surface area contributed by atoms with Crippen LogP contribution >= 0.6 is 0 Å². The van der Waals surface area contributed by atoms with Crippen LogP contribution in [0.5, 0.6) is 0 Å². The number of nitrogens with one attached hydrogen (secondary N) is 1. The van der Waals surface area contributed by atoms with E-state index in [0.29, 0.717) is 5.65 Å². The first-order valence-electron chi connectivity index (χ1n) is 7.82. The maximum absolute atomic E-state index is 13.3. The van der Waals surface area contributed by atoms with Crippen molar-refractivity contribution in [3.63, 3.8) is 0 Å². The summed E-state index contributed by atoms with van der Waals surface area (Å²) in [4.78, 5) is 28.9. The van der Waals surface area contributed by atoms with Gasteiger partial charge in [0.1, 0.15) is 11.7 Å². The molecule has 0 unspecified atom stereocenters. The molecule has 0 radical (unpaired) electrons. The third-order valence-corrected chi connectivity index (χ3v) is 3.89. The highest BCUT2D eigenvalue weighted by atomic mass is 19.2. The molecule has 2 heterocycles. The summed E-state index contributed by atoms with van der Waals surface area (Å²) in [5.41, 5.74) is 2.64. The molecule has 134 valence electrons. The van der Waals surface area contributed by atoms with Crippen molar-refractivity contribution in [3.8, 4) is 5.69 Å². The Morgan fingerprint density at radius 2 is 1.81 bits per heavy atom. The minimum absolute atomic E-state index is 0.138. The predicted octanol–water partition coefficient (Wildman–Crippen LogP) is 2.24. The van der Waals surface area contributed by atoms with E-state index < -0.39 is 23.1 Å². The van der Waals surface area contributed by atoms with Crippen molar-refractivity contribution >= 4 is 16.9 Å². The summed E-state index contributed by atoms with van der Waals surface area (Å²) >= 11 is 0. The lowest BCUT2D eigenvalue weighted by atomic mass is 10.2. The minimum Gasteiger partial charge on any atom is -0.267 e. The molecule has 4 aromatic rings. The van der Waals surface area contributed by atoms with Gasteiger partial charge in [-0.1, -0.05) is 18.2 Å². The van der Waals surface area contributed by atoms with Crippen molar-refractivity contribution in [3.05, 3.63) is 88.6 Å².